The fraction of sp³-hybridized carbons (Fsp3) is 0.227. The highest BCUT2D eigenvalue weighted by molar-refractivity contribution is 5.92. The van der Waals surface area contributed by atoms with Crippen LogP contribution in [-0.2, 0) is 6.54 Å². The van der Waals surface area contributed by atoms with Crippen LogP contribution in [0.2, 0.25) is 0 Å². The Morgan fingerprint density at radius 1 is 1.00 bits per heavy atom. The number of hydrogen-bond acceptors (Lipinski definition) is 4. The fourth-order valence-corrected chi connectivity index (χ4v) is 2.86. The van der Waals surface area contributed by atoms with Gasteiger partial charge < -0.3 is 10.2 Å². The van der Waals surface area contributed by atoms with Crippen LogP contribution in [-0.4, -0.2) is 22.4 Å². The molecule has 0 aliphatic rings. The van der Waals surface area contributed by atoms with Gasteiger partial charge in [-0.1, -0.05) is 60.7 Å². The van der Waals surface area contributed by atoms with Gasteiger partial charge in [0.2, 0.25) is 0 Å². The molecule has 1 amide bonds. The summed E-state index contributed by atoms with van der Waals surface area (Å²) in [5.74, 6) is 0.533. The standard InChI is InChI=1S/C22H24N4O/c1-3-26(16-18-10-6-4-7-11-18)21-15-23-20(14-24-21)22(27)25-17(2)19-12-8-5-9-13-19/h4-15,17H,3,16H2,1-2H3,(H,25,27). The first-order valence-corrected chi connectivity index (χ1v) is 9.14. The number of aromatic nitrogens is 2. The van der Waals surface area contributed by atoms with Gasteiger partial charge in [-0.15, -0.1) is 0 Å². The van der Waals surface area contributed by atoms with Gasteiger partial charge in [0.1, 0.15) is 11.5 Å². The molecule has 0 aliphatic carbocycles. The summed E-state index contributed by atoms with van der Waals surface area (Å²) in [5, 5.41) is 2.96. The molecule has 27 heavy (non-hydrogen) atoms. The number of anilines is 1. The largest absolute Gasteiger partial charge is 0.351 e. The molecular weight excluding hydrogens is 336 g/mol. The van der Waals surface area contributed by atoms with E-state index in [1.54, 1.807) is 6.20 Å². The molecule has 0 saturated carbocycles. The third kappa shape index (κ3) is 4.91. The van der Waals surface area contributed by atoms with Gasteiger partial charge in [-0.25, -0.2) is 9.97 Å². The molecule has 0 bridgehead atoms. The van der Waals surface area contributed by atoms with Crippen LogP contribution >= 0.6 is 0 Å². The van der Waals surface area contributed by atoms with Crippen molar-refractivity contribution in [3.05, 3.63) is 89.9 Å². The summed E-state index contributed by atoms with van der Waals surface area (Å²) in [6.45, 7) is 5.59. The van der Waals surface area contributed by atoms with E-state index >= 15 is 0 Å². The lowest BCUT2D eigenvalue weighted by Gasteiger charge is -2.21. The SMILES string of the molecule is CCN(Cc1ccccc1)c1cnc(C(=O)NC(C)c2ccccc2)cn1. The molecule has 3 rings (SSSR count). The summed E-state index contributed by atoms with van der Waals surface area (Å²) in [5.41, 5.74) is 2.58. The first-order chi connectivity index (χ1) is 13.2. The lowest BCUT2D eigenvalue weighted by atomic mass is 10.1. The van der Waals surface area contributed by atoms with Gasteiger partial charge in [-0.2, -0.15) is 0 Å². The zero-order chi connectivity index (χ0) is 19.1. The average Bonchev–Trinajstić information content (AvgIpc) is 2.73. The minimum atomic E-state index is -0.225. The van der Waals surface area contributed by atoms with E-state index in [0.29, 0.717) is 5.69 Å². The van der Waals surface area contributed by atoms with E-state index in [1.807, 2.05) is 55.5 Å². The van der Waals surface area contributed by atoms with Crippen molar-refractivity contribution in [1.29, 1.82) is 0 Å². The average molecular weight is 360 g/mol. The summed E-state index contributed by atoms with van der Waals surface area (Å²) >= 11 is 0. The number of nitrogens with one attached hydrogen (secondary N) is 1. The van der Waals surface area contributed by atoms with E-state index in [9.17, 15) is 4.79 Å². The van der Waals surface area contributed by atoms with E-state index in [-0.39, 0.29) is 11.9 Å². The molecular formula is C22H24N4O. The summed E-state index contributed by atoms with van der Waals surface area (Å²) < 4.78 is 0. The first-order valence-electron chi connectivity index (χ1n) is 9.14. The molecule has 1 unspecified atom stereocenters. The van der Waals surface area contributed by atoms with Gasteiger partial charge in [-0.3, -0.25) is 4.79 Å². The number of rotatable bonds is 7. The maximum absolute atomic E-state index is 12.4. The number of benzene rings is 2. The molecule has 0 saturated heterocycles. The summed E-state index contributed by atoms with van der Waals surface area (Å²) in [7, 11) is 0. The quantitative estimate of drug-likeness (QED) is 0.692. The van der Waals surface area contributed by atoms with E-state index in [2.05, 4.69) is 39.2 Å². The predicted octanol–water partition coefficient (Wildman–Crippen LogP) is 3.99. The van der Waals surface area contributed by atoms with Crippen molar-refractivity contribution in [1.82, 2.24) is 15.3 Å². The van der Waals surface area contributed by atoms with Gasteiger partial charge in [0, 0.05) is 13.1 Å². The monoisotopic (exact) mass is 360 g/mol. The van der Waals surface area contributed by atoms with Crippen LogP contribution in [0, 0.1) is 0 Å². The molecule has 5 heteroatoms. The Bertz CT molecular complexity index is 851. The lowest BCUT2D eigenvalue weighted by molar-refractivity contribution is 0.0934. The molecule has 138 valence electrons. The van der Waals surface area contributed by atoms with Crippen LogP contribution in [0.5, 0.6) is 0 Å². The third-order valence-corrected chi connectivity index (χ3v) is 4.44. The predicted molar refractivity (Wildman–Crippen MR) is 108 cm³/mol. The highest BCUT2D eigenvalue weighted by Crippen LogP contribution is 2.15. The zero-order valence-electron chi connectivity index (χ0n) is 15.7. The fourth-order valence-electron chi connectivity index (χ4n) is 2.86. The smallest absolute Gasteiger partial charge is 0.271 e. The Morgan fingerprint density at radius 2 is 1.67 bits per heavy atom. The molecule has 0 spiro atoms. The summed E-state index contributed by atoms with van der Waals surface area (Å²) in [6, 6.07) is 20.0. The Morgan fingerprint density at radius 3 is 2.26 bits per heavy atom. The van der Waals surface area contributed by atoms with Gasteiger partial charge in [0.05, 0.1) is 18.4 Å². The number of carbonyl (C=O) groups is 1. The first kappa shape index (κ1) is 18.6. The van der Waals surface area contributed by atoms with Crippen molar-refractivity contribution in [3.63, 3.8) is 0 Å². The normalized spacial score (nSPS) is 11.6. The molecule has 1 N–H and O–H groups in total. The Balaban J connectivity index is 1.66. The van der Waals surface area contributed by atoms with Gasteiger partial charge in [0.15, 0.2) is 0 Å². The highest BCUT2D eigenvalue weighted by Gasteiger charge is 2.14. The van der Waals surface area contributed by atoms with E-state index in [4.69, 9.17) is 0 Å². The molecule has 1 aromatic heterocycles. The van der Waals surface area contributed by atoms with Crippen molar-refractivity contribution in [2.45, 2.75) is 26.4 Å². The molecule has 2 aromatic carbocycles. The maximum atomic E-state index is 12.4. The Kier molecular flexibility index (Phi) is 6.15. The second-order valence-electron chi connectivity index (χ2n) is 6.37. The second-order valence-corrected chi connectivity index (χ2v) is 6.37. The maximum Gasteiger partial charge on any atom is 0.271 e. The number of carbonyl (C=O) groups excluding carboxylic acids is 1. The summed E-state index contributed by atoms with van der Waals surface area (Å²) in [4.78, 5) is 23.3. The summed E-state index contributed by atoms with van der Waals surface area (Å²) in [6.07, 6.45) is 3.20. The minimum absolute atomic E-state index is 0.0922. The van der Waals surface area contributed by atoms with Crippen molar-refractivity contribution in [2.24, 2.45) is 0 Å². The van der Waals surface area contributed by atoms with E-state index in [1.165, 1.54) is 11.8 Å². The van der Waals surface area contributed by atoms with Crippen LogP contribution in [0.25, 0.3) is 0 Å². The Labute approximate surface area is 160 Å². The van der Waals surface area contributed by atoms with Crippen LogP contribution in [0.3, 0.4) is 0 Å². The van der Waals surface area contributed by atoms with Gasteiger partial charge >= 0.3 is 0 Å². The van der Waals surface area contributed by atoms with Crippen molar-refractivity contribution < 1.29 is 4.79 Å². The minimum Gasteiger partial charge on any atom is -0.351 e. The lowest BCUT2D eigenvalue weighted by Crippen LogP contribution is -2.28. The molecule has 0 radical (unpaired) electrons. The van der Waals surface area contributed by atoms with Crippen LogP contribution in [0.1, 0.15) is 41.5 Å². The van der Waals surface area contributed by atoms with E-state index in [0.717, 1.165) is 24.5 Å². The third-order valence-electron chi connectivity index (χ3n) is 4.44. The van der Waals surface area contributed by atoms with Crippen molar-refractivity contribution >= 4 is 11.7 Å². The van der Waals surface area contributed by atoms with Crippen LogP contribution < -0.4 is 10.2 Å². The van der Waals surface area contributed by atoms with Crippen molar-refractivity contribution in [3.8, 4) is 0 Å². The van der Waals surface area contributed by atoms with Crippen LogP contribution in [0.4, 0.5) is 5.82 Å². The molecule has 3 aromatic rings. The zero-order valence-corrected chi connectivity index (χ0v) is 15.7. The van der Waals surface area contributed by atoms with E-state index < -0.39 is 0 Å². The van der Waals surface area contributed by atoms with Crippen molar-refractivity contribution in [2.75, 3.05) is 11.4 Å². The molecule has 5 nitrogen and oxygen atoms in total. The molecule has 0 aliphatic heterocycles. The molecule has 1 atom stereocenters. The Hall–Kier alpha value is -3.21. The molecule has 0 fully saturated rings. The van der Waals surface area contributed by atoms with Gasteiger partial charge in [0.25, 0.3) is 5.91 Å². The van der Waals surface area contributed by atoms with Gasteiger partial charge in [-0.05, 0) is 25.0 Å². The highest BCUT2D eigenvalue weighted by atomic mass is 16.1. The molecule has 1 heterocycles. The number of hydrogen-bond donors (Lipinski definition) is 1. The second kappa shape index (κ2) is 8.94. The topological polar surface area (TPSA) is 58.1 Å². The van der Waals surface area contributed by atoms with Crippen LogP contribution in [0.15, 0.2) is 73.1 Å². The number of amides is 1. The number of nitrogens with zero attached hydrogens (tertiary/aromatic N) is 3.